The third kappa shape index (κ3) is 5.66. The molecule has 0 aliphatic heterocycles. The van der Waals surface area contributed by atoms with E-state index in [0.717, 1.165) is 23.8 Å². The van der Waals surface area contributed by atoms with Crippen molar-refractivity contribution in [2.24, 2.45) is 0 Å². The Morgan fingerprint density at radius 1 is 1.16 bits per heavy atom. The molecule has 0 amide bonds. The Hall–Kier alpha value is -3.88. The van der Waals surface area contributed by atoms with Gasteiger partial charge in [-0.25, -0.2) is 21.6 Å². The smallest absolute Gasteiger partial charge is 0.266 e. The summed E-state index contributed by atoms with van der Waals surface area (Å²) in [5.74, 6) is 0.634. The van der Waals surface area contributed by atoms with Crippen molar-refractivity contribution < 1.29 is 30.8 Å². The second-order valence-electron chi connectivity index (χ2n) is 8.65. The maximum atomic E-state index is 13.1. The lowest BCUT2D eigenvalue weighted by molar-refractivity contribution is 0.306. The van der Waals surface area contributed by atoms with E-state index in [-0.39, 0.29) is 29.1 Å². The summed E-state index contributed by atoms with van der Waals surface area (Å²) in [6, 6.07) is 9.78. The van der Waals surface area contributed by atoms with E-state index in [1.807, 2.05) is 0 Å². The standard InChI is InChI=1S/C24H25N5O7S2/c1-3-37(30,31)26-13-17-12-25-29(15-17)14-16-10-20(35-18-8-9-18)23-21(11-16)36-27-24(23)28-38(32,33)22-7-5-4-6-19(22)34-2/h3-7,10-12,15,18,26H,1,8-9,13-14H2,2H3,(H,27,28). The van der Waals surface area contributed by atoms with Gasteiger partial charge in [-0.15, -0.1) is 0 Å². The first-order chi connectivity index (χ1) is 18.2. The van der Waals surface area contributed by atoms with Crippen molar-refractivity contribution in [3.8, 4) is 11.5 Å². The third-order valence-electron chi connectivity index (χ3n) is 5.73. The number of sulfonamides is 2. The second-order valence-corrected chi connectivity index (χ2v) is 12.0. The SMILES string of the molecule is C=CS(=O)(=O)NCc1cnn(Cc2cc(OC3CC3)c3c(NS(=O)(=O)c4ccccc4OC)noc3c2)c1. The molecule has 0 radical (unpaired) electrons. The molecule has 0 atom stereocenters. The lowest BCUT2D eigenvalue weighted by Gasteiger charge is -2.12. The molecule has 2 aromatic heterocycles. The minimum atomic E-state index is -4.04. The Morgan fingerprint density at radius 3 is 2.68 bits per heavy atom. The summed E-state index contributed by atoms with van der Waals surface area (Å²) in [5, 5.41) is 9.51. The van der Waals surface area contributed by atoms with Crippen LogP contribution in [0.4, 0.5) is 5.82 Å². The summed E-state index contributed by atoms with van der Waals surface area (Å²) in [5.41, 5.74) is 1.77. The number of methoxy groups -OCH3 is 1. The Bertz CT molecular complexity index is 1710. The van der Waals surface area contributed by atoms with Gasteiger partial charge in [0.2, 0.25) is 10.0 Å². The molecule has 12 nitrogen and oxygen atoms in total. The van der Waals surface area contributed by atoms with Gasteiger partial charge in [-0.1, -0.05) is 23.9 Å². The minimum absolute atomic E-state index is 0.00369. The van der Waals surface area contributed by atoms with Crippen LogP contribution in [-0.2, 0) is 33.1 Å². The molecular formula is C24H25N5O7S2. The zero-order valence-corrected chi connectivity index (χ0v) is 22.0. The molecule has 4 aromatic rings. The van der Waals surface area contributed by atoms with Crippen LogP contribution < -0.4 is 18.9 Å². The molecule has 0 spiro atoms. The van der Waals surface area contributed by atoms with E-state index in [1.54, 1.807) is 47.4 Å². The Labute approximate surface area is 219 Å². The number of fused-ring (bicyclic) bond motifs is 1. The number of nitrogens with zero attached hydrogens (tertiary/aromatic N) is 3. The second kappa shape index (κ2) is 10.1. The average molecular weight is 560 g/mol. The molecular weight excluding hydrogens is 534 g/mol. The van der Waals surface area contributed by atoms with Crippen LogP contribution in [0.15, 0.2) is 70.2 Å². The molecule has 2 heterocycles. The summed E-state index contributed by atoms with van der Waals surface area (Å²) in [6.45, 7) is 3.67. The van der Waals surface area contributed by atoms with Crippen LogP contribution in [0.1, 0.15) is 24.0 Å². The molecule has 2 aromatic carbocycles. The fraction of sp³-hybridized carbons (Fsp3) is 0.250. The van der Waals surface area contributed by atoms with E-state index in [2.05, 4.69) is 26.3 Å². The minimum Gasteiger partial charge on any atom is -0.495 e. The summed E-state index contributed by atoms with van der Waals surface area (Å²) >= 11 is 0. The molecule has 200 valence electrons. The van der Waals surface area contributed by atoms with E-state index in [9.17, 15) is 16.8 Å². The van der Waals surface area contributed by atoms with Gasteiger partial charge in [0.25, 0.3) is 10.0 Å². The normalized spacial score (nSPS) is 13.9. The number of hydrogen-bond donors (Lipinski definition) is 2. The van der Waals surface area contributed by atoms with Gasteiger partial charge < -0.3 is 14.0 Å². The van der Waals surface area contributed by atoms with Crippen molar-refractivity contribution in [3.63, 3.8) is 0 Å². The molecule has 0 bridgehead atoms. The van der Waals surface area contributed by atoms with Gasteiger partial charge in [0, 0.05) is 23.7 Å². The number of anilines is 1. The van der Waals surface area contributed by atoms with E-state index in [0.29, 0.717) is 28.8 Å². The molecule has 1 aliphatic carbocycles. The largest absolute Gasteiger partial charge is 0.495 e. The van der Waals surface area contributed by atoms with Gasteiger partial charge in [0.1, 0.15) is 21.8 Å². The maximum Gasteiger partial charge on any atom is 0.266 e. The van der Waals surface area contributed by atoms with Gasteiger partial charge >= 0.3 is 0 Å². The lowest BCUT2D eigenvalue weighted by Crippen LogP contribution is -2.19. The van der Waals surface area contributed by atoms with Gasteiger partial charge in [-0.2, -0.15) is 5.10 Å². The molecule has 5 rings (SSSR count). The monoisotopic (exact) mass is 559 g/mol. The summed E-state index contributed by atoms with van der Waals surface area (Å²) in [4.78, 5) is -0.0372. The number of nitrogens with one attached hydrogen (secondary N) is 2. The number of para-hydroxylation sites is 1. The first-order valence-electron chi connectivity index (χ1n) is 11.6. The zero-order valence-electron chi connectivity index (χ0n) is 20.3. The van der Waals surface area contributed by atoms with Crippen molar-refractivity contribution in [2.75, 3.05) is 11.8 Å². The van der Waals surface area contributed by atoms with Gasteiger partial charge in [0.15, 0.2) is 11.4 Å². The van der Waals surface area contributed by atoms with Crippen molar-refractivity contribution in [3.05, 3.63) is 71.9 Å². The molecule has 0 unspecified atom stereocenters. The molecule has 2 N–H and O–H groups in total. The van der Waals surface area contributed by atoms with Crippen LogP contribution in [0.25, 0.3) is 11.0 Å². The summed E-state index contributed by atoms with van der Waals surface area (Å²) in [6.07, 6.45) is 5.08. The van der Waals surface area contributed by atoms with Crippen LogP contribution in [0, 0.1) is 0 Å². The van der Waals surface area contributed by atoms with Crippen LogP contribution in [-0.4, -0.2) is 45.0 Å². The molecule has 1 saturated carbocycles. The first kappa shape index (κ1) is 25.8. The number of benzene rings is 2. The first-order valence-corrected chi connectivity index (χ1v) is 14.6. The number of aromatic nitrogens is 3. The lowest BCUT2D eigenvalue weighted by atomic mass is 10.1. The summed E-state index contributed by atoms with van der Waals surface area (Å²) in [7, 11) is -6.20. The number of ether oxygens (including phenoxy) is 2. The van der Waals surface area contributed by atoms with E-state index in [4.69, 9.17) is 14.0 Å². The van der Waals surface area contributed by atoms with Crippen LogP contribution in [0.2, 0.25) is 0 Å². The highest BCUT2D eigenvalue weighted by atomic mass is 32.2. The van der Waals surface area contributed by atoms with Crippen LogP contribution >= 0.6 is 0 Å². The third-order valence-corrected chi connectivity index (χ3v) is 8.10. The van der Waals surface area contributed by atoms with E-state index < -0.39 is 20.0 Å². The highest BCUT2D eigenvalue weighted by molar-refractivity contribution is 7.93. The maximum absolute atomic E-state index is 13.1. The molecule has 1 aliphatic rings. The zero-order chi connectivity index (χ0) is 26.9. The Morgan fingerprint density at radius 2 is 1.95 bits per heavy atom. The average Bonchev–Trinajstić information content (AvgIpc) is 3.45. The van der Waals surface area contributed by atoms with Crippen molar-refractivity contribution in [1.29, 1.82) is 0 Å². The predicted molar refractivity (Wildman–Crippen MR) is 139 cm³/mol. The number of hydrogen-bond acceptors (Lipinski definition) is 9. The summed E-state index contributed by atoms with van der Waals surface area (Å²) < 4.78 is 72.8. The molecule has 0 saturated heterocycles. The van der Waals surface area contributed by atoms with E-state index >= 15 is 0 Å². The molecule has 1 fully saturated rings. The van der Waals surface area contributed by atoms with Crippen LogP contribution in [0.3, 0.4) is 0 Å². The predicted octanol–water partition coefficient (Wildman–Crippen LogP) is 2.99. The van der Waals surface area contributed by atoms with Gasteiger partial charge in [-0.05, 0) is 42.7 Å². The van der Waals surface area contributed by atoms with Crippen molar-refractivity contribution >= 4 is 36.8 Å². The Balaban J connectivity index is 1.43. The quantitative estimate of drug-likeness (QED) is 0.266. The highest BCUT2D eigenvalue weighted by Gasteiger charge is 2.28. The van der Waals surface area contributed by atoms with Crippen molar-refractivity contribution in [1.82, 2.24) is 19.7 Å². The number of rotatable bonds is 12. The van der Waals surface area contributed by atoms with Crippen molar-refractivity contribution in [2.45, 2.75) is 36.9 Å². The van der Waals surface area contributed by atoms with Gasteiger partial charge in [0.05, 0.1) is 26.0 Å². The molecule has 38 heavy (non-hydrogen) atoms. The molecule has 14 heteroatoms. The Kier molecular flexibility index (Phi) is 6.86. The highest BCUT2D eigenvalue weighted by Crippen LogP contribution is 2.38. The van der Waals surface area contributed by atoms with Gasteiger partial charge in [-0.3, -0.25) is 9.40 Å². The van der Waals surface area contributed by atoms with E-state index in [1.165, 1.54) is 13.2 Å². The topological polar surface area (TPSA) is 155 Å². The fourth-order valence-electron chi connectivity index (χ4n) is 3.75. The fourth-order valence-corrected chi connectivity index (χ4v) is 5.41. The van der Waals surface area contributed by atoms with Crippen LogP contribution in [0.5, 0.6) is 11.5 Å².